The van der Waals surface area contributed by atoms with Crippen LogP contribution in [0.2, 0.25) is 0 Å². The lowest BCUT2D eigenvalue weighted by molar-refractivity contribution is -0.122. The Labute approximate surface area is 173 Å². The molecule has 1 N–H and O–H groups in total. The number of amides is 1. The van der Waals surface area contributed by atoms with Gasteiger partial charge < -0.3 is 28.8 Å². The fraction of sp³-hybridized carbons (Fsp3) is 0.364. The van der Waals surface area contributed by atoms with Crippen LogP contribution in [-0.2, 0) is 11.3 Å². The maximum Gasteiger partial charge on any atom is 0.240 e. The van der Waals surface area contributed by atoms with Crippen LogP contribution >= 0.6 is 0 Å². The third-order valence-electron chi connectivity index (χ3n) is 5.25. The number of fused-ring (bicyclic) bond motifs is 3. The van der Waals surface area contributed by atoms with E-state index in [1.807, 2.05) is 41.8 Å². The summed E-state index contributed by atoms with van der Waals surface area (Å²) in [4.78, 5) is 17.1. The van der Waals surface area contributed by atoms with Crippen LogP contribution in [0.4, 0.5) is 0 Å². The third kappa shape index (κ3) is 3.60. The van der Waals surface area contributed by atoms with E-state index in [4.69, 9.17) is 18.9 Å². The zero-order chi connectivity index (χ0) is 20.5. The molecule has 8 nitrogen and oxygen atoms in total. The topological polar surface area (TPSA) is 83.8 Å². The highest BCUT2D eigenvalue weighted by molar-refractivity contribution is 5.83. The summed E-state index contributed by atoms with van der Waals surface area (Å²) in [6, 6.07) is 9.33. The number of hydrogen-bond acceptors (Lipinski definition) is 6. The summed E-state index contributed by atoms with van der Waals surface area (Å²) in [6.07, 6.45) is 2.52. The van der Waals surface area contributed by atoms with E-state index in [9.17, 15) is 4.79 Å². The summed E-state index contributed by atoms with van der Waals surface area (Å²) in [5.74, 6) is 2.72. The van der Waals surface area contributed by atoms with Gasteiger partial charge >= 0.3 is 0 Å². The molecule has 0 saturated carbocycles. The molecule has 1 amide bonds. The zero-order valence-electron chi connectivity index (χ0n) is 16.7. The number of carbonyl (C=O) groups is 1. The number of ether oxygens (including phenoxy) is 4. The molecule has 0 saturated heterocycles. The van der Waals surface area contributed by atoms with Gasteiger partial charge in [0.2, 0.25) is 5.91 Å². The van der Waals surface area contributed by atoms with Crippen molar-refractivity contribution in [1.82, 2.24) is 14.9 Å². The molecule has 0 unspecified atom stereocenters. The van der Waals surface area contributed by atoms with Crippen LogP contribution in [0.5, 0.6) is 23.0 Å². The molecule has 2 aromatic carbocycles. The van der Waals surface area contributed by atoms with Crippen molar-refractivity contribution >= 4 is 16.9 Å². The van der Waals surface area contributed by atoms with Crippen LogP contribution in [0, 0.1) is 0 Å². The van der Waals surface area contributed by atoms with Crippen molar-refractivity contribution in [2.24, 2.45) is 0 Å². The molecule has 30 heavy (non-hydrogen) atoms. The van der Waals surface area contributed by atoms with Crippen molar-refractivity contribution in [1.29, 1.82) is 0 Å². The van der Waals surface area contributed by atoms with Gasteiger partial charge in [-0.2, -0.15) is 0 Å². The number of nitrogens with zero attached hydrogens (tertiary/aromatic N) is 2. The van der Waals surface area contributed by atoms with Crippen LogP contribution in [-0.4, -0.2) is 41.9 Å². The number of aromatic nitrogens is 2. The molecule has 3 heterocycles. The first kappa shape index (κ1) is 18.6. The lowest BCUT2D eigenvalue weighted by Gasteiger charge is -2.18. The minimum atomic E-state index is -0.172. The number of nitrogens with one attached hydrogen (secondary N) is 1. The lowest BCUT2D eigenvalue weighted by atomic mass is 10.1. The molecular weight excluding hydrogens is 386 g/mol. The fourth-order valence-corrected chi connectivity index (χ4v) is 3.70. The summed E-state index contributed by atoms with van der Waals surface area (Å²) >= 11 is 0. The maximum absolute atomic E-state index is 12.7. The Hall–Kier alpha value is -3.42. The van der Waals surface area contributed by atoms with Gasteiger partial charge in [-0.1, -0.05) is 6.07 Å². The van der Waals surface area contributed by atoms with E-state index in [2.05, 4.69) is 10.3 Å². The minimum absolute atomic E-state index is 0.108. The Morgan fingerprint density at radius 3 is 2.53 bits per heavy atom. The van der Waals surface area contributed by atoms with E-state index in [-0.39, 0.29) is 18.5 Å². The van der Waals surface area contributed by atoms with Crippen molar-refractivity contribution < 1.29 is 23.7 Å². The van der Waals surface area contributed by atoms with E-state index < -0.39 is 0 Å². The molecule has 156 valence electrons. The second-order valence-corrected chi connectivity index (χ2v) is 7.40. The van der Waals surface area contributed by atoms with Crippen molar-refractivity contribution in [2.75, 3.05) is 26.4 Å². The molecule has 8 heteroatoms. The predicted octanol–water partition coefficient (Wildman–Crippen LogP) is 2.85. The van der Waals surface area contributed by atoms with Gasteiger partial charge in [0.05, 0.1) is 36.6 Å². The minimum Gasteiger partial charge on any atom is -0.490 e. The normalized spacial score (nSPS) is 16.0. The quantitative estimate of drug-likeness (QED) is 0.713. The van der Waals surface area contributed by atoms with E-state index in [1.54, 1.807) is 6.33 Å². The van der Waals surface area contributed by atoms with E-state index in [1.165, 1.54) is 0 Å². The molecule has 5 rings (SSSR count). The Balaban J connectivity index is 1.29. The van der Waals surface area contributed by atoms with Gasteiger partial charge in [-0.25, -0.2) is 4.98 Å². The second-order valence-electron chi connectivity index (χ2n) is 7.40. The van der Waals surface area contributed by atoms with Gasteiger partial charge in [-0.3, -0.25) is 4.79 Å². The van der Waals surface area contributed by atoms with Crippen LogP contribution in [0.25, 0.3) is 11.0 Å². The van der Waals surface area contributed by atoms with E-state index >= 15 is 0 Å². The standard InChI is InChI=1S/C22H23N3O5/c1-14(15-3-4-18-19(9-15)28-6-2-5-27-18)24-22(26)12-25-13-23-16-10-20-21(11-17(16)25)30-8-7-29-20/h3-4,9-11,13-14H,2,5-8,12H2,1H3,(H,24,26)/t14-/m1/s1. The number of hydrogen-bond donors (Lipinski definition) is 1. The monoisotopic (exact) mass is 409 g/mol. The van der Waals surface area contributed by atoms with Crippen LogP contribution in [0.3, 0.4) is 0 Å². The highest BCUT2D eigenvalue weighted by Crippen LogP contribution is 2.34. The summed E-state index contributed by atoms with van der Waals surface area (Å²) in [7, 11) is 0. The Morgan fingerprint density at radius 2 is 1.70 bits per heavy atom. The fourth-order valence-electron chi connectivity index (χ4n) is 3.70. The van der Waals surface area contributed by atoms with Gasteiger partial charge in [-0.05, 0) is 24.6 Å². The highest BCUT2D eigenvalue weighted by Gasteiger charge is 2.18. The number of benzene rings is 2. The average Bonchev–Trinajstić information content (AvgIpc) is 2.98. The van der Waals surface area contributed by atoms with E-state index in [0.717, 1.165) is 34.5 Å². The first-order valence-electron chi connectivity index (χ1n) is 10.1. The van der Waals surface area contributed by atoms with Crippen LogP contribution in [0.1, 0.15) is 24.9 Å². The van der Waals surface area contributed by atoms with Crippen molar-refractivity contribution in [3.05, 3.63) is 42.2 Å². The van der Waals surface area contributed by atoms with Crippen molar-refractivity contribution in [3.63, 3.8) is 0 Å². The Kier molecular flexibility index (Phi) is 4.82. The smallest absolute Gasteiger partial charge is 0.240 e. The van der Waals surface area contributed by atoms with Gasteiger partial charge in [0.15, 0.2) is 23.0 Å². The first-order valence-corrected chi connectivity index (χ1v) is 10.1. The van der Waals surface area contributed by atoms with Crippen molar-refractivity contribution in [3.8, 4) is 23.0 Å². The number of carbonyl (C=O) groups excluding carboxylic acids is 1. The number of rotatable bonds is 4. The van der Waals surface area contributed by atoms with Gasteiger partial charge in [0.1, 0.15) is 19.8 Å². The van der Waals surface area contributed by atoms with Gasteiger partial charge in [-0.15, -0.1) is 0 Å². The molecule has 0 fully saturated rings. The molecule has 3 aromatic rings. The zero-order valence-corrected chi connectivity index (χ0v) is 16.7. The van der Waals surface area contributed by atoms with Crippen molar-refractivity contribution in [2.45, 2.75) is 25.9 Å². The summed E-state index contributed by atoms with van der Waals surface area (Å²) in [5, 5.41) is 3.04. The molecule has 1 atom stereocenters. The summed E-state index contributed by atoms with van der Waals surface area (Å²) in [6.45, 7) is 4.43. The largest absolute Gasteiger partial charge is 0.490 e. The molecule has 0 spiro atoms. The highest BCUT2D eigenvalue weighted by atomic mass is 16.6. The lowest BCUT2D eigenvalue weighted by Crippen LogP contribution is -2.30. The second kappa shape index (κ2) is 7.78. The predicted molar refractivity (Wildman–Crippen MR) is 109 cm³/mol. The molecule has 1 aromatic heterocycles. The third-order valence-corrected chi connectivity index (χ3v) is 5.25. The molecule has 0 radical (unpaired) electrons. The Bertz CT molecular complexity index is 1090. The molecule has 2 aliphatic heterocycles. The van der Waals surface area contributed by atoms with Crippen LogP contribution in [0.15, 0.2) is 36.7 Å². The van der Waals surface area contributed by atoms with E-state index in [0.29, 0.717) is 37.9 Å². The summed E-state index contributed by atoms with van der Waals surface area (Å²) < 4.78 is 24.5. The molecule has 0 aliphatic carbocycles. The van der Waals surface area contributed by atoms with Crippen LogP contribution < -0.4 is 24.3 Å². The molecule has 2 aliphatic rings. The molecule has 0 bridgehead atoms. The average molecular weight is 409 g/mol. The maximum atomic E-state index is 12.7. The first-order chi connectivity index (χ1) is 14.7. The summed E-state index contributed by atoms with van der Waals surface area (Å²) in [5.41, 5.74) is 2.56. The molecular formula is C22H23N3O5. The Morgan fingerprint density at radius 1 is 1.00 bits per heavy atom. The SMILES string of the molecule is C[C@@H](NC(=O)Cn1cnc2cc3c(cc21)OCCO3)c1ccc2c(c1)OCCCO2. The van der Waals surface area contributed by atoms with Gasteiger partial charge in [0, 0.05) is 18.6 Å². The van der Waals surface area contributed by atoms with Gasteiger partial charge in [0.25, 0.3) is 0 Å². The number of imidazole rings is 1.